The van der Waals surface area contributed by atoms with E-state index in [1.165, 1.54) is 0 Å². The molecule has 1 aromatic heterocycles. The molecule has 1 atom stereocenters. The Bertz CT molecular complexity index is 1180. The van der Waals surface area contributed by atoms with E-state index in [1.807, 2.05) is 36.5 Å². The summed E-state index contributed by atoms with van der Waals surface area (Å²) in [7, 11) is 0. The summed E-state index contributed by atoms with van der Waals surface area (Å²) in [5, 5.41) is 13.5. The van der Waals surface area contributed by atoms with Crippen LogP contribution in [0.2, 0.25) is 5.02 Å². The topological polar surface area (TPSA) is 85.8 Å². The maximum atomic E-state index is 13.7. The first-order valence-electron chi connectivity index (χ1n) is 13.7. The fourth-order valence-electron chi connectivity index (χ4n) is 6.39. The van der Waals surface area contributed by atoms with Crippen molar-refractivity contribution in [2.24, 2.45) is 5.41 Å². The molecule has 2 aliphatic heterocycles. The normalized spacial score (nSPS) is 28.1. The maximum Gasteiger partial charge on any atom is 0.251 e. The molecule has 0 bridgehead atoms. The molecule has 1 aromatic carbocycles. The van der Waals surface area contributed by atoms with Gasteiger partial charge in [-0.3, -0.25) is 9.59 Å². The summed E-state index contributed by atoms with van der Waals surface area (Å²) in [4.78, 5) is 35.0. The van der Waals surface area contributed by atoms with E-state index in [9.17, 15) is 14.7 Å². The third kappa shape index (κ3) is 4.96. The van der Waals surface area contributed by atoms with Gasteiger partial charge in [-0.2, -0.15) is 0 Å². The number of aliphatic hydroxyl groups is 1. The van der Waals surface area contributed by atoms with Gasteiger partial charge in [0.25, 0.3) is 5.91 Å². The Balaban J connectivity index is 1.15. The van der Waals surface area contributed by atoms with E-state index in [-0.39, 0.29) is 29.4 Å². The third-order valence-corrected chi connectivity index (χ3v) is 9.02. The Hall–Kier alpha value is -2.64. The molecule has 2 saturated carbocycles. The molecule has 3 heterocycles. The van der Waals surface area contributed by atoms with Crippen molar-refractivity contribution in [2.75, 3.05) is 24.5 Å². The van der Waals surface area contributed by atoms with Crippen molar-refractivity contribution >= 4 is 29.2 Å². The summed E-state index contributed by atoms with van der Waals surface area (Å²) in [6, 6.07) is 10.1. The van der Waals surface area contributed by atoms with Crippen LogP contribution >= 0.6 is 11.6 Å². The highest BCUT2D eigenvalue weighted by molar-refractivity contribution is 6.33. The van der Waals surface area contributed by atoms with Crippen molar-refractivity contribution in [3.05, 3.63) is 47.1 Å². The number of aliphatic hydroxyl groups excluding tert-OH is 1. The van der Waals surface area contributed by atoms with Gasteiger partial charge in [-0.25, -0.2) is 4.98 Å². The zero-order chi connectivity index (χ0) is 25.6. The smallest absolute Gasteiger partial charge is 0.251 e. The number of carbonyl (C=O) groups excluding carboxylic acids is 2. The number of amides is 2. The molecule has 8 heteroatoms. The molecule has 2 aromatic rings. The van der Waals surface area contributed by atoms with Crippen LogP contribution in [-0.4, -0.2) is 64.6 Å². The standard InChI is InChI=1S/C29H35ClN4O3/c30-25-16-21(19-2-4-20(5-3-19)27(36)32-22-6-7-22)17-31-26(25)33-14-1-12-29(18-33)13-15-34(28(29)37)23-8-10-24(35)11-9-23/h2-5,16-17,22-24,35H,1,6-15,18H2,(H,32,36). The number of likely N-dealkylation sites (tertiary alicyclic amines) is 1. The lowest BCUT2D eigenvalue weighted by molar-refractivity contribution is -0.139. The second kappa shape index (κ2) is 9.91. The van der Waals surface area contributed by atoms with Crippen molar-refractivity contribution in [3.63, 3.8) is 0 Å². The molecule has 2 aliphatic carbocycles. The van der Waals surface area contributed by atoms with E-state index in [0.29, 0.717) is 23.2 Å². The number of hydrogen-bond donors (Lipinski definition) is 2. The highest BCUT2D eigenvalue weighted by atomic mass is 35.5. The number of aromatic nitrogens is 1. The zero-order valence-corrected chi connectivity index (χ0v) is 21.9. The van der Waals surface area contributed by atoms with Crippen molar-refractivity contribution in [3.8, 4) is 11.1 Å². The Kier molecular flexibility index (Phi) is 6.61. The summed E-state index contributed by atoms with van der Waals surface area (Å²) in [6.07, 6.45) is 9.84. The summed E-state index contributed by atoms with van der Waals surface area (Å²) in [6.45, 7) is 2.29. The van der Waals surface area contributed by atoms with Gasteiger partial charge in [0.1, 0.15) is 5.82 Å². The van der Waals surface area contributed by atoms with Crippen LogP contribution in [0.3, 0.4) is 0 Å². The number of pyridine rings is 1. The van der Waals surface area contributed by atoms with Crippen LogP contribution in [0.15, 0.2) is 36.5 Å². The molecule has 0 radical (unpaired) electrons. The van der Waals surface area contributed by atoms with Gasteiger partial charge >= 0.3 is 0 Å². The molecule has 2 amide bonds. The lowest BCUT2D eigenvalue weighted by Crippen LogP contribution is -2.50. The molecule has 4 aliphatic rings. The Morgan fingerprint density at radius 3 is 2.49 bits per heavy atom. The number of hydrogen-bond acceptors (Lipinski definition) is 5. The first-order valence-corrected chi connectivity index (χ1v) is 14.1. The van der Waals surface area contributed by atoms with Gasteiger partial charge in [-0.1, -0.05) is 23.7 Å². The van der Waals surface area contributed by atoms with Crippen LogP contribution in [0, 0.1) is 5.41 Å². The molecular formula is C29H35ClN4O3. The van der Waals surface area contributed by atoms with Crippen molar-refractivity contribution < 1.29 is 14.7 Å². The second-order valence-electron chi connectivity index (χ2n) is 11.4. The molecular weight excluding hydrogens is 488 g/mol. The minimum atomic E-state index is -0.366. The monoisotopic (exact) mass is 522 g/mol. The number of benzene rings is 1. The predicted octanol–water partition coefficient (Wildman–Crippen LogP) is 4.42. The van der Waals surface area contributed by atoms with Crippen molar-refractivity contribution in [1.29, 1.82) is 0 Å². The number of halogens is 1. The van der Waals surface area contributed by atoms with E-state index in [4.69, 9.17) is 16.6 Å². The van der Waals surface area contributed by atoms with Gasteiger partial charge in [0.15, 0.2) is 0 Å². The second-order valence-corrected chi connectivity index (χ2v) is 11.8. The molecule has 2 N–H and O–H groups in total. The number of nitrogens with one attached hydrogen (secondary N) is 1. The largest absolute Gasteiger partial charge is 0.393 e. The van der Waals surface area contributed by atoms with Gasteiger partial charge in [0.2, 0.25) is 5.91 Å². The van der Waals surface area contributed by atoms with Crippen LogP contribution in [0.1, 0.15) is 68.1 Å². The molecule has 6 rings (SSSR count). The van der Waals surface area contributed by atoms with E-state index in [2.05, 4.69) is 15.1 Å². The average molecular weight is 523 g/mol. The first kappa shape index (κ1) is 24.7. The van der Waals surface area contributed by atoms with Gasteiger partial charge in [0, 0.05) is 49.0 Å². The van der Waals surface area contributed by atoms with E-state index in [0.717, 1.165) is 87.8 Å². The zero-order valence-electron chi connectivity index (χ0n) is 21.2. The summed E-state index contributed by atoms with van der Waals surface area (Å²) in [5.41, 5.74) is 2.15. The van der Waals surface area contributed by atoms with E-state index in [1.54, 1.807) is 0 Å². The van der Waals surface area contributed by atoms with Gasteiger partial charge in [0.05, 0.1) is 16.5 Å². The highest BCUT2D eigenvalue weighted by Crippen LogP contribution is 2.44. The molecule has 7 nitrogen and oxygen atoms in total. The van der Waals surface area contributed by atoms with E-state index < -0.39 is 0 Å². The molecule has 1 spiro atoms. The number of anilines is 1. The molecule has 196 valence electrons. The van der Waals surface area contributed by atoms with Crippen LogP contribution < -0.4 is 10.2 Å². The molecule has 4 fully saturated rings. The van der Waals surface area contributed by atoms with Crippen LogP contribution in [0.4, 0.5) is 5.82 Å². The Labute approximate surface area is 223 Å². The van der Waals surface area contributed by atoms with Crippen LogP contribution in [-0.2, 0) is 4.79 Å². The van der Waals surface area contributed by atoms with Crippen LogP contribution in [0.25, 0.3) is 11.1 Å². The van der Waals surface area contributed by atoms with Gasteiger partial charge < -0.3 is 20.2 Å². The Morgan fingerprint density at radius 1 is 1.03 bits per heavy atom. The van der Waals surface area contributed by atoms with Gasteiger partial charge in [-0.15, -0.1) is 0 Å². The van der Waals surface area contributed by atoms with E-state index >= 15 is 0 Å². The van der Waals surface area contributed by atoms with Crippen LogP contribution in [0.5, 0.6) is 0 Å². The number of carbonyl (C=O) groups is 2. The highest BCUT2D eigenvalue weighted by Gasteiger charge is 2.51. The SMILES string of the molecule is O=C(NC1CC1)c1ccc(-c2cnc(N3CCCC4(CCN(C5CCC(O)CC5)C4=O)C3)c(Cl)c2)cc1. The lowest BCUT2D eigenvalue weighted by Gasteiger charge is -2.41. The summed E-state index contributed by atoms with van der Waals surface area (Å²) >= 11 is 6.77. The quantitative estimate of drug-likeness (QED) is 0.607. The number of rotatable bonds is 5. The number of nitrogens with zero attached hydrogens (tertiary/aromatic N) is 3. The van der Waals surface area contributed by atoms with Gasteiger partial charge in [-0.05, 0) is 81.5 Å². The van der Waals surface area contributed by atoms with Crippen molar-refractivity contribution in [2.45, 2.75) is 76.0 Å². The predicted molar refractivity (Wildman–Crippen MR) is 144 cm³/mol. The fourth-order valence-corrected chi connectivity index (χ4v) is 6.67. The lowest BCUT2D eigenvalue weighted by atomic mass is 9.78. The third-order valence-electron chi connectivity index (χ3n) is 8.74. The number of piperidine rings is 1. The summed E-state index contributed by atoms with van der Waals surface area (Å²) < 4.78 is 0. The first-order chi connectivity index (χ1) is 17.9. The van der Waals surface area contributed by atoms with Crippen molar-refractivity contribution in [1.82, 2.24) is 15.2 Å². The molecule has 1 unspecified atom stereocenters. The maximum absolute atomic E-state index is 13.7. The average Bonchev–Trinajstić information content (AvgIpc) is 3.68. The fraction of sp³-hybridized carbons (Fsp3) is 0.552. The molecule has 37 heavy (non-hydrogen) atoms. The minimum absolute atomic E-state index is 0.0271. The summed E-state index contributed by atoms with van der Waals surface area (Å²) in [5.74, 6) is 0.981. The molecule has 2 saturated heterocycles. The Morgan fingerprint density at radius 2 is 1.78 bits per heavy atom. The minimum Gasteiger partial charge on any atom is -0.393 e.